The predicted octanol–water partition coefficient (Wildman–Crippen LogP) is 4.20. The van der Waals surface area contributed by atoms with Gasteiger partial charge in [-0.15, -0.1) is 0 Å². The van der Waals surface area contributed by atoms with E-state index in [9.17, 15) is 17.6 Å². The molecule has 2 N–H and O–H groups in total. The fraction of sp³-hybridized carbons (Fsp3) is 0.483. The third-order valence-corrected chi connectivity index (χ3v) is 8.50. The van der Waals surface area contributed by atoms with E-state index in [0.717, 1.165) is 24.8 Å². The van der Waals surface area contributed by atoms with Crippen molar-refractivity contribution in [3.8, 4) is 23.3 Å². The maximum atomic E-state index is 13.7. The molecule has 0 spiro atoms. The van der Waals surface area contributed by atoms with E-state index < -0.39 is 21.3 Å². The van der Waals surface area contributed by atoms with Crippen LogP contribution in [-0.2, 0) is 21.2 Å². The first-order chi connectivity index (χ1) is 18.2. The summed E-state index contributed by atoms with van der Waals surface area (Å²) in [6, 6.07) is 10.9. The number of methoxy groups -OCH3 is 1. The van der Waals surface area contributed by atoms with Crippen LogP contribution >= 0.6 is 0 Å². The van der Waals surface area contributed by atoms with Gasteiger partial charge in [-0.3, -0.25) is 4.79 Å². The Morgan fingerprint density at radius 2 is 1.84 bits per heavy atom. The van der Waals surface area contributed by atoms with Gasteiger partial charge in [0, 0.05) is 6.54 Å². The number of carbonyl (C=O) groups excluding carboxylic acids is 1. The molecule has 2 aromatic rings. The molecule has 1 fully saturated rings. The minimum Gasteiger partial charge on any atom is -0.493 e. The van der Waals surface area contributed by atoms with Gasteiger partial charge in [-0.1, -0.05) is 63.1 Å². The van der Waals surface area contributed by atoms with Gasteiger partial charge in [-0.2, -0.15) is 0 Å². The second-order valence-corrected chi connectivity index (χ2v) is 11.7. The molecule has 0 saturated heterocycles. The minimum absolute atomic E-state index is 0.0630. The normalized spacial score (nSPS) is 14.9. The predicted molar refractivity (Wildman–Crippen MR) is 146 cm³/mol. The van der Waals surface area contributed by atoms with E-state index >= 15 is 0 Å². The maximum absolute atomic E-state index is 13.7. The van der Waals surface area contributed by atoms with E-state index in [0.29, 0.717) is 42.9 Å². The van der Waals surface area contributed by atoms with Crippen molar-refractivity contribution in [3.05, 3.63) is 59.4 Å². The molecule has 1 saturated carbocycles. The maximum Gasteiger partial charge on any atom is 0.238 e. The first-order valence-electron chi connectivity index (χ1n) is 13.0. The van der Waals surface area contributed by atoms with Gasteiger partial charge in [-0.05, 0) is 55.0 Å². The molecule has 7 nitrogen and oxygen atoms in total. The number of hydrogen-bond acceptors (Lipinski definition) is 5. The lowest BCUT2D eigenvalue weighted by atomic mass is 10.0. The molecule has 0 heterocycles. The molecular weight excluding hydrogens is 507 g/mol. The highest BCUT2D eigenvalue weighted by Gasteiger charge is 2.33. The quantitative estimate of drug-likeness (QED) is 0.414. The highest BCUT2D eigenvalue weighted by molar-refractivity contribution is 7.90. The highest BCUT2D eigenvalue weighted by Crippen LogP contribution is 2.28. The van der Waals surface area contributed by atoms with Gasteiger partial charge in [0.05, 0.1) is 17.9 Å². The van der Waals surface area contributed by atoms with Crippen LogP contribution in [0, 0.1) is 23.6 Å². The van der Waals surface area contributed by atoms with Crippen LogP contribution in [-0.4, -0.2) is 45.9 Å². The largest absolute Gasteiger partial charge is 0.493 e. The first kappa shape index (κ1) is 29.5. The van der Waals surface area contributed by atoms with Crippen molar-refractivity contribution in [2.45, 2.75) is 63.7 Å². The zero-order valence-corrected chi connectivity index (χ0v) is 23.1. The molecule has 206 valence electrons. The molecule has 38 heavy (non-hydrogen) atoms. The third-order valence-electron chi connectivity index (χ3n) is 6.57. The third kappa shape index (κ3) is 8.47. The fourth-order valence-electron chi connectivity index (χ4n) is 4.38. The van der Waals surface area contributed by atoms with E-state index in [-0.39, 0.29) is 24.2 Å². The lowest BCUT2D eigenvalue weighted by molar-refractivity contribution is -0.123. The van der Waals surface area contributed by atoms with Gasteiger partial charge < -0.3 is 14.8 Å². The molecule has 0 aromatic heterocycles. The van der Waals surface area contributed by atoms with E-state index in [1.54, 1.807) is 24.3 Å². The van der Waals surface area contributed by atoms with Crippen LogP contribution in [0.5, 0.6) is 11.5 Å². The van der Waals surface area contributed by atoms with E-state index in [2.05, 4.69) is 21.9 Å². The van der Waals surface area contributed by atoms with Crippen LogP contribution in [0.1, 0.15) is 57.1 Å². The Bertz CT molecular complexity index is 1250. The Morgan fingerprint density at radius 1 is 1.11 bits per heavy atom. The molecule has 1 aliphatic carbocycles. The first-order valence-corrected chi connectivity index (χ1v) is 14.6. The average Bonchev–Trinajstić information content (AvgIpc) is 2.91. The summed E-state index contributed by atoms with van der Waals surface area (Å²) >= 11 is 0. The zero-order valence-electron chi connectivity index (χ0n) is 22.3. The van der Waals surface area contributed by atoms with Crippen molar-refractivity contribution < 1.29 is 27.1 Å². The SMILES string of the molecule is COc1cc(CCNC(=O)[C@@H](NS(=O)(=O)C2CCCCC2)C(C)C)ccc1OCC#Cc1ccccc1F. The number of amides is 1. The van der Waals surface area contributed by atoms with Crippen molar-refractivity contribution in [1.82, 2.24) is 10.0 Å². The van der Waals surface area contributed by atoms with Gasteiger partial charge >= 0.3 is 0 Å². The number of benzene rings is 2. The van der Waals surface area contributed by atoms with Crippen molar-refractivity contribution >= 4 is 15.9 Å². The number of hydrogen-bond donors (Lipinski definition) is 2. The Balaban J connectivity index is 1.53. The second kappa shape index (κ2) is 14.2. The van der Waals surface area contributed by atoms with Crippen molar-refractivity contribution in [2.75, 3.05) is 20.3 Å². The van der Waals surface area contributed by atoms with Crippen molar-refractivity contribution in [1.29, 1.82) is 0 Å². The smallest absolute Gasteiger partial charge is 0.238 e. The number of ether oxygens (including phenoxy) is 2. The number of nitrogens with one attached hydrogen (secondary N) is 2. The standard InChI is InChI=1S/C29H37FN2O5S/c1-21(2)28(32-38(34,35)24-12-5-4-6-13-24)29(33)31-18-17-22-15-16-26(27(20-22)36-3)37-19-9-11-23-10-7-8-14-25(23)30/h7-8,10,14-16,20-21,24,28,32H,4-6,12-13,17-19H2,1-3H3,(H,31,33)/t28-/m0/s1. The van der Waals surface area contributed by atoms with Crippen LogP contribution in [0.25, 0.3) is 0 Å². The molecular formula is C29H37FN2O5S. The summed E-state index contributed by atoms with van der Waals surface area (Å²) in [5, 5.41) is 2.44. The highest BCUT2D eigenvalue weighted by atomic mass is 32.2. The van der Waals surface area contributed by atoms with Gasteiger partial charge in [0.15, 0.2) is 11.5 Å². The average molecular weight is 545 g/mol. The monoisotopic (exact) mass is 544 g/mol. The van der Waals surface area contributed by atoms with E-state index in [1.807, 2.05) is 26.0 Å². The molecule has 1 aliphatic rings. The lowest BCUT2D eigenvalue weighted by Crippen LogP contribution is -2.52. The topological polar surface area (TPSA) is 93.7 Å². The summed E-state index contributed by atoms with van der Waals surface area (Å²) < 4.78 is 53.1. The number of sulfonamides is 1. The molecule has 9 heteroatoms. The molecule has 2 aromatic carbocycles. The molecule has 0 aliphatic heterocycles. The molecule has 1 atom stereocenters. The van der Waals surface area contributed by atoms with Gasteiger partial charge in [0.1, 0.15) is 18.5 Å². The van der Waals surface area contributed by atoms with Crippen molar-refractivity contribution in [2.24, 2.45) is 5.92 Å². The summed E-state index contributed by atoms with van der Waals surface area (Å²) in [6.07, 6.45) is 4.66. The Labute approximate surface area is 225 Å². The van der Waals surface area contributed by atoms with Crippen LogP contribution in [0.15, 0.2) is 42.5 Å². The molecule has 0 radical (unpaired) electrons. The zero-order chi connectivity index (χ0) is 27.5. The Hall–Kier alpha value is -3.09. The number of halogens is 1. The minimum atomic E-state index is -3.56. The van der Waals surface area contributed by atoms with Crippen LogP contribution in [0.3, 0.4) is 0 Å². The van der Waals surface area contributed by atoms with Crippen LogP contribution in [0.4, 0.5) is 4.39 Å². The van der Waals surface area contributed by atoms with Crippen molar-refractivity contribution in [3.63, 3.8) is 0 Å². The summed E-state index contributed by atoms with van der Waals surface area (Å²) in [7, 11) is -2.03. The summed E-state index contributed by atoms with van der Waals surface area (Å²) in [5.41, 5.74) is 1.22. The van der Waals surface area contributed by atoms with Gasteiger partial charge in [0.25, 0.3) is 0 Å². The summed E-state index contributed by atoms with van der Waals surface area (Å²) in [4.78, 5) is 12.9. The molecule has 3 rings (SSSR count). The fourth-order valence-corrected chi connectivity index (χ4v) is 6.25. The summed E-state index contributed by atoms with van der Waals surface area (Å²) in [6.45, 7) is 4.06. The van der Waals surface area contributed by atoms with Crippen LogP contribution < -0.4 is 19.5 Å². The number of carbonyl (C=O) groups is 1. The van der Waals surface area contributed by atoms with Gasteiger partial charge in [-0.25, -0.2) is 17.5 Å². The summed E-state index contributed by atoms with van der Waals surface area (Å²) in [5.74, 6) is 5.66. The number of rotatable bonds is 11. The molecule has 1 amide bonds. The second-order valence-electron chi connectivity index (χ2n) is 9.74. The van der Waals surface area contributed by atoms with E-state index in [4.69, 9.17) is 9.47 Å². The molecule has 0 unspecified atom stereocenters. The van der Waals surface area contributed by atoms with Gasteiger partial charge in [0.2, 0.25) is 15.9 Å². The lowest BCUT2D eigenvalue weighted by Gasteiger charge is -2.27. The Kier molecular flexibility index (Phi) is 11.0. The Morgan fingerprint density at radius 3 is 2.53 bits per heavy atom. The van der Waals surface area contributed by atoms with E-state index in [1.165, 1.54) is 13.2 Å². The molecule has 0 bridgehead atoms. The van der Waals surface area contributed by atoms with Crippen LogP contribution in [0.2, 0.25) is 0 Å².